The second kappa shape index (κ2) is 6.60. The molecular weight excluding hydrogens is 398 g/mol. The van der Waals surface area contributed by atoms with Crippen LogP contribution in [0, 0.1) is 6.92 Å². The van der Waals surface area contributed by atoms with Gasteiger partial charge in [-0.3, -0.25) is 14.2 Å². The average molecular weight is 414 g/mol. The lowest BCUT2D eigenvalue weighted by molar-refractivity contribution is -0.132. The molecule has 3 aromatic rings. The second-order valence-corrected chi connectivity index (χ2v) is 7.27. The minimum atomic E-state index is -0.216. The summed E-state index contributed by atoms with van der Waals surface area (Å²) >= 11 is 3.42. The Labute approximate surface area is 157 Å². The maximum atomic E-state index is 12.6. The first-order valence-corrected chi connectivity index (χ1v) is 9.04. The van der Waals surface area contributed by atoms with Crippen LogP contribution in [-0.4, -0.2) is 36.9 Å². The molecule has 0 radical (unpaired) electrons. The van der Waals surface area contributed by atoms with Crippen molar-refractivity contribution in [3.05, 3.63) is 62.5 Å². The number of rotatable bonds is 2. The molecule has 0 spiro atoms. The van der Waals surface area contributed by atoms with Gasteiger partial charge in [-0.25, -0.2) is 15.0 Å². The number of hydrogen-bond acceptors (Lipinski definition) is 5. The molecule has 0 atom stereocenters. The molecular formula is C18H16BrN5O2. The fourth-order valence-electron chi connectivity index (χ4n) is 3.09. The van der Waals surface area contributed by atoms with E-state index in [1.807, 2.05) is 12.1 Å². The quantitative estimate of drug-likeness (QED) is 0.640. The largest absolute Gasteiger partial charge is 0.336 e. The number of halogens is 1. The van der Waals surface area contributed by atoms with E-state index in [2.05, 4.69) is 30.9 Å². The molecule has 1 aliphatic rings. The zero-order valence-corrected chi connectivity index (χ0v) is 15.7. The van der Waals surface area contributed by atoms with Gasteiger partial charge in [-0.15, -0.1) is 0 Å². The van der Waals surface area contributed by atoms with E-state index in [1.165, 1.54) is 17.0 Å². The van der Waals surface area contributed by atoms with E-state index in [0.717, 1.165) is 21.1 Å². The summed E-state index contributed by atoms with van der Waals surface area (Å²) in [5.74, 6) is -0.101. The van der Waals surface area contributed by atoms with E-state index >= 15 is 0 Å². The summed E-state index contributed by atoms with van der Waals surface area (Å²) in [6.07, 6.45) is 3.83. The van der Waals surface area contributed by atoms with E-state index < -0.39 is 0 Å². The van der Waals surface area contributed by atoms with E-state index in [9.17, 15) is 9.59 Å². The van der Waals surface area contributed by atoms with Crippen LogP contribution in [0.15, 0.2) is 40.0 Å². The number of hydrogen-bond donors (Lipinski definition) is 0. The lowest BCUT2D eigenvalue weighted by Crippen LogP contribution is -2.40. The van der Waals surface area contributed by atoms with Gasteiger partial charge in [-0.1, -0.05) is 0 Å². The van der Waals surface area contributed by atoms with Gasteiger partial charge in [0.05, 0.1) is 6.33 Å². The van der Waals surface area contributed by atoms with Crippen molar-refractivity contribution in [1.82, 2.24) is 24.4 Å². The Hall–Kier alpha value is -2.61. The number of pyridine rings is 2. The van der Waals surface area contributed by atoms with Crippen LogP contribution in [-0.2, 0) is 24.3 Å². The minimum Gasteiger partial charge on any atom is -0.336 e. The third-order valence-electron chi connectivity index (χ3n) is 4.46. The molecule has 0 saturated carbocycles. The SMILES string of the molecule is Cc1cc(=O)n(CC(=O)N2CCc3nc4ncc(Br)cc4cc3C2)cn1. The fraction of sp³-hybridized carbons (Fsp3) is 0.278. The summed E-state index contributed by atoms with van der Waals surface area (Å²) in [6, 6.07) is 5.43. The van der Waals surface area contributed by atoms with Gasteiger partial charge in [0, 0.05) is 53.0 Å². The lowest BCUT2D eigenvalue weighted by atomic mass is 10.0. The summed E-state index contributed by atoms with van der Waals surface area (Å²) in [6.45, 7) is 2.81. The number of carbonyl (C=O) groups is 1. The number of carbonyl (C=O) groups excluding carboxylic acids is 1. The number of amides is 1. The van der Waals surface area contributed by atoms with Crippen molar-refractivity contribution in [3.8, 4) is 0 Å². The van der Waals surface area contributed by atoms with Crippen molar-refractivity contribution >= 4 is 32.9 Å². The van der Waals surface area contributed by atoms with Gasteiger partial charge in [-0.2, -0.15) is 0 Å². The molecule has 3 aromatic heterocycles. The fourth-order valence-corrected chi connectivity index (χ4v) is 3.44. The molecule has 1 amide bonds. The summed E-state index contributed by atoms with van der Waals surface area (Å²) in [7, 11) is 0. The van der Waals surface area contributed by atoms with Gasteiger partial charge < -0.3 is 4.90 Å². The minimum absolute atomic E-state index is 0.00440. The molecule has 0 aromatic carbocycles. The standard InChI is InChI=1S/C18H16BrN5O2/c1-11-4-16(25)24(10-21-11)9-17(26)23-3-2-15-13(8-23)5-12-6-14(19)7-20-18(12)22-15/h4-7,10H,2-3,8-9H2,1H3. The zero-order valence-electron chi connectivity index (χ0n) is 14.1. The number of aromatic nitrogens is 4. The Morgan fingerprint density at radius 2 is 2.12 bits per heavy atom. The van der Waals surface area contributed by atoms with Crippen molar-refractivity contribution in [2.45, 2.75) is 26.4 Å². The second-order valence-electron chi connectivity index (χ2n) is 6.36. The van der Waals surface area contributed by atoms with Crippen LogP contribution in [0.25, 0.3) is 11.0 Å². The highest BCUT2D eigenvalue weighted by molar-refractivity contribution is 9.10. The van der Waals surface area contributed by atoms with Crippen molar-refractivity contribution in [2.24, 2.45) is 0 Å². The van der Waals surface area contributed by atoms with Crippen molar-refractivity contribution in [2.75, 3.05) is 6.54 Å². The molecule has 26 heavy (non-hydrogen) atoms. The molecule has 0 saturated heterocycles. The maximum Gasteiger partial charge on any atom is 0.253 e. The van der Waals surface area contributed by atoms with Crippen LogP contribution >= 0.6 is 15.9 Å². The molecule has 1 aliphatic heterocycles. The molecule has 8 heteroatoms. The third-order valence-corrected chi connectivity index (χ3v) is 4.89. The van der Waals surface area contributed by atoms with Gasteiger partial charge in [0.15, 0.2) is 5.65 Å². The predicted molar refractivity (Wildman–Crippen MR) is 99.6 cm³/mol. The van der Waals surface area contributed by atoms with Crippen LogP contribution in [0.1, 0.15) is 17.0 Å². The van der Waals surface area contributed by atoms with Crippen LogP contribution < -0.4 is 5.56 Å². The Morgan fingerprint density at radius 1 is 1.27 bits per heavy atom. The van der Waals surface area contributed by atoms with E-state index in [4.69, 9.17) is 0 Å². The Morgan fingerprint density at radius 3 is 2.92 bits per heavy atom. The molecule has 0 fully saturated rings. The number of fused-ring (bicyclic) bond motifs is 2. The van der Waals surface area contributed by atoms with Crippen LogP contribution in [0.2, 0.25) is 0 Å². The van der Waals surface area contributed by atoms with Crippen LogP contribution in [0.4, 0.5) is 0 Å². The van der Waals surface area contributed by atoms with E-state index in [-0.39, 0.29) is 18.0 Å². The molecule has 4 heterocycles. The molecule has 4 rings (SSSR count). The topological polar surface area (TPSA) is 81.0 Å². The molecule has 0 N–H and O–H groups in total. The molecule has 7 nitrogen and oxygen atoms in total. The predicted octanol–water partition coefficient (Wildman–Crippen LogP) is 1.84. The van der Waals surface area contributed by atoms with Crippen LogP contribution in [0.3, 0.4) is 0 Å². The monoisotopic (exact) mass is 413 g/mol. The summed E-state index contributed by atoms with van der Waals surface area (Å²) in [5, 5.41) is 0.936. The van der Waals surface area contributed by atoms with Gasteiger partial charge in [0.25, 0.3) is 5.56 Å². The van der Waals surface area contributed by atoms with Gasteiger partial charge >= 0.3 is 0 Å². The van der Waals surface area contributed by atoms with E-state index in [1.54, 1.807) is 18.0 Å². The molecule has 0 bridgehead atoms. The number of aryl methyl sites for hydroxylation is 1. The summed E-state index contributed by atoms with van der Waals surface area (Å²) in [4.78, 5) is 39.4. The van der Waals surface area contributed by atoms with Gasteiger partial charge in [-0.05, 0) is 40.5 Å². The third kappa shape index (κ3) is 3.24. The first kappa shape index (κ1) is 16.8. The highest BCUT2D eigenvalue weighted by Gasteiger charge is 2.22. The maximum absolute atomic E-state index is 12.6. The lowest BCUT2D eigenvalue weighted by Gasteiger charge is -2.28. The first-order chi connectivity index (χ1) is 12.5. The van der Waals surface area contributed by atoms with Gasteiger partial charge in [0.1, 0.15) is 6.54 Å². The normalized spacial score (nSPS) is 13.7. The number of nitrogens with zero attached hydrogens (tertiary/aromatic N) is 5. The Bertz CT molecular complexity index is 1080. The highest BCUT2D eigenvalue weighted by Crippen LogP contribution is 2.23. The Balaban J connectivity index is 1.57. The van der Waals surface area contributed by atoms with Crippen LogP contribution in [0.5, 0.6) is 0 Å². The summed E-state index contributed by atoms with van der Waals surface area (Å²) in [5.41, 5.74) is 3.14. The van der Waals surface area contributed by atoms with Crippen molar-refractivity contribution < 1.29 is 4.79 Å². The Kier molecular flexibility index (Phi) is 4.28. The molecule has 0 unspecified atom stereocenters. The smallest absolute Gasteiger partial charge is 0.253 e. The van der Waals surface area contributed by atoms with Crippen molar-refractivity contribution in [3.63, 3.8) is 0 Å². The molecule has 132 valence electrons. The van der Waals surface area contributed by atoms with E-state index in [0.29, 0.717) is 30.9 Å². The zero-order chi connectivity index (χ0) is 18.3. The van der Waals surface area contributed by atoms with Crippen molar-refractivity contribution in [1.29, 1.82) is 0 Å². The average Bonchev–Trinajstić information content (AvgIpc) is 2.61. The summed E-state index contributed by atoms with van der Waals surface area (Å²) < 4.78 is 2.23. The highest BCUT2D eigenvalue weighted by atomic mass is 79.9. The van der Waals surface area contributed by atoms with Gasteiger partial charge in [0.2, 0.25) is 5.91 Å². The molecule has 0 aliphatic carbocycles. The first-order valence-electron chi connectivity index (χ1n) is 8.24.